The molecule has 1 aliphatic heterocycles. The van der Waals surface area contributed by atoms with Gasteiger partial charge in [0.25, 0.3) is 5.56 Å². The maximum absolute atomic E-state index is 14.2. The molecule has 0 unspecified atom stereocenters. The van der Waals surface area contributed by atoms with Crippen molar-refractivity contribution in [3.8, 4) is 5.75 Å². The van der Waals surface area contributed by atoms with Gasteiger partial charge in [0.2, 0.25) is 0 Å². The molecular weight excluding hydrogens is 648 g/mol. The SMILES string of the molecule is CCOC(=O)C1=C(c2ccccc2)N=c2s/c(=C\c3cccc(OCc4ccc(C(=O)OCC)cc4)c3)c(=O)n2[C@H]1c1ccc(Cl)cc1. The highest BCUT2D eigenvalue weighted by atomic mass is 35.5. The van der Waals surface area contributed by atoms with Gasteiger partial charge >= 0.3 is 11.9 Å². The molecule has 5 aromatic rings. The highest BCUT2D eigenvalue weighted by Crippen LogP contribution is 2.35. The molecular formula is C38H31ClN2O6S. The zero-order valence-corrected chi connectivity index (χ0v) is 27.8. The molecule has 1 aliphatic rings. The van der Waals surface area contributed by atoms with Crippen molar-refractivity contribution in [3.63, 3.8) is 0 Å². The summed E-state index contributed by atoms with van der Waals surface area (Å²) in [6, 6.07) is 30.2. The van der Waals surface area contributed by atoms with Gasteiger partial charge in [-0.3, -0.25) is 9.36 Å². The summed E-state index contributed by atoms with van der Waals surface area (Å²) in [6.07, 6.45) is 1.79. The summed E-state index contributed by atoms with van der Waals surface area (Å²) >= 11 is 7.47. The fourth-order valence-electron chi connectivity index (χ4n) is 5.36. The number of hydrogen-bond acceptors (Lipinski definition) is 8. The van der Waals surface area contributed by atoms with Crippen molar-refractivity contribution in [2.75, 3.05) is 13.2 Å². The Morgan fingerprint density at radius 3 is 2.29 bits per heavy atom. The molecule has 0 spiro atoms. The normalized spacial score (nSPS) is 14.2. The summed E-state index contributed by atoms with van der Waals surface area (Å²) in [5.41, 5.74) is 3.99. The molecule has 0 bridgehead atoms. The van der Waals surface area contributed by atoms with Crippen LogP contribution in [0.25, 0.3) is 11.8 Å². The first kappa shape index (κ1) is 32.7. The van der Waals surface area contributed by atoms with Gasteiger partial charge in [0, 0.05) is 10.6 Å². The molecule has 8 nitrogen and oxygen atoms in total. The largest absolute Gasteiger partial charge is 0.489 e. The van der Waals surface area contributed by atoms with Crippen LogP contribution in [0.4, 0.5) is 0 Å². The Morgan fingerprint density at radius 1 is 0.875 bits per heavy atom. The van der Waals surface area contributed by atoms with Crippen LogP contribution in [-0.2, 0) is 20.9 Å². The minimum atomic E-state index is -0.792. The number of rotatable bonds is 10. The summed E-state index contributed by atoms with van der Waals surface area (Å²) in [4.78, 5) is 45.1. The Morgan fingerprint density at radius 2 is 1.58 bits per heavy atom. The molecule has 0 amide bonds. The van der Waals surface area contributed by atoms with Crippen LogP contribution in [0.2, 0.25) is 5.02 Å². The van der Waals surface area contributed by atoms with Crippen molar-refractivity contribution < 1.29 is 23.8 Å². The number of carbonyl (C=O) groups excluding carboxylic acids is 2. The van der Waals surface area contributed by atoms with E-state index >= 15 is 0 Å². The predicted octanol–water partition coefficient (Wildman–Crippen LogP) is 6.34. The van der Waals surface area contributed by atoms with Gasteiger partial charge in [-0.05, 0) is 73.0 Å². The Balaban J connectivity index is 1.38. The number of benzene rings is 4. The molecule has 2 heterocycles. The number of fused-ring (bicyclic) bond motifs is 1. The topological polar surface area (TPSA) is 96.2 Å². The number of ether oxygens (including phenoxy) is 3. The van der Waals surface area contributed by atoms with Gasteiger partial charge in [0.15, 0.2) is 4.80 Å². The first-order chi connectivity index (χ1) is 23.4. The van der Waals surface area contributed by atoms with Crippen molar-refractivity contribution in [2.45, 2.75) is 26.5 Å². The van der Waals surface area contributed by atoms with Crippen molar-refractivity contribution >= 4 is 46.6 Å². The lowest BCUT2D eigenvalue weighted by Crippen LogP contribution is -2.40. The molecule has 0 saturated heterocycles. The van der Waals surface area contributed by atoms with Gasteiger partial charge in [-0.2, -0.15) is 0 Å². The van der Waals surface area contributed by atoms with Crippen LogP contribution in [-0.4, -0.2) is 29.7 Å². The second-order valence-corrected chi connectivity index (χ2v) is 12.2. The number of esters is 2. The average molecular weight is 679 g/mol. The first-order valence-electron chi connectivity index (χ1n) is 15.4. The lowest BCUT2D eigenvalue weighted by molar-refractivity contribution is -0.138. The number of halogens is 1. The molecule has 6 rings (SSSR count). The Kier molecular flexibility index (Phi) is 9.99. The fourth-order valence-corrected chi connectivity index (χ4v) is 6.49. The van der Waals surface area contributed by atoms with Crippen LogP contribution < -0.4 is 19.6 Å². The van der Waals surface area contributed by atoms with E-state index in [2.05, 4.69) is 0 Å². The lowest BCUT2D eigenvalue weighted by atomic mass is 9.93. The zero-order chi connectivity index (χ0) is 33.6. The predicted molar refractivity (Wildman–Crippen MR) is 186 cm³/mol. The smallest absolute Gasteiger partial charge is 0.338 e. The molecule has 10 heteroatoms. The van der Waals surface area contributed by atoms with Gasteiger partial charge in [0.05, 0.1) is 40.6 Å². The highest BCUT2D eigenvalue weighted by Gasteiger charge is 2.35. The van der Waals surface area contributed by atoms with Crippen molar-refractivity contribution in [3.05, 3.63) is 161 Å². The van der Waals surface area contributed by atoms with E-state index in [0.717, 1.165) is 16.7 Å². The summed E-state index contributed by atoms with van der Waals surface area (Å²) < 4.78 is 18.6. The third kappa shape index (κ3) is 7.02. The van der Waals surface area contributed by atoms with E-state index < -0.39 is 12.0 Å². The van der Waals surface area contributed by atoms with E-state index in [1.807, 2.05) is 78.9 Å². The third-order valence-electron chi connectivity index (χ3n) is 7.59. The van der Waals surface area contributed by atoms with Crippen molar-refractivity contribution in [2.24, 2.45) is 4.99 Å². The van der Waals surface area contributed by atoms with Crippen LogP contribution >= 0.6 is 22.9 Å². The molecule has 1 atom stereocenters. The van der Waals surface area contributed by atoms with E-state index in [-0.39, 0.29) is 30.3 Å². The summed E-state index contributed by atoms with van der Waals surface area (Å²) in [5, 5.41) is 0.534. The van der Waals surface area contributed by atoms with E-state index in [4.69, 9.17) is 30.8 Å². The van der Waals surface area contributed by atoms with Crippen LogP contribution in [0.3, 0.4) is 0 Å². The maximum Gasteiger partial charge on any atom is 0.338 e. The zero-order valence-electron chi connectivity index (χ0n) is 26.2. The van der Waals surface area contributed by atoms with Crippen LogP contribution in [0.15, 0.2) is 118 Å². The van der Waals surface area contributed by atoms with Gasteiger partial charge in [0.1, 0.15) is 12.4 Å². The number of aromatic nitrogens is 1. The van der Waals surface area contributed by atoms with E-state index in [1.54, 1.807) is 48.8 Å². The van der Waals surface area contributed by atoms with Gasteiger partial charge in [-0.25, -0.2) is 14.6 Å². The minimum absolute atomic E-state index is 0.166. The Hall–Kier alpha value is -5.25. The van der Waals surface area contributed by atoms with E-state index in [1.165, 1.54) is 11.3 Å². The molecule has 1 aromatic heterocycles. The summed E-state index contributed by atoms with van der Waals surface area (Å²) in [5.74, 6) is -0.299. The molecule has 0 radical (unpaired) electrons. The third-order valence-corrected chi connectivity index (χ3v) is 8.82. The summed E-state index contributed by atoms with van der Waals surface area (Å²) in [6.45, 7) is 4.28. The molecule has 242 valence electrons. The van der Waals surface area contributed by atoms with Crippen LogP contribution in [0, 0.1) is 0 Å². The summed E-state index contributed by atoms with van der Waals surface area (Å²) in [7, 11) is 0. The van der Waals surface area contributed by atoms with Crippen LogP contribution in [0.5, 0.6) is 5.75 Å². The van der Waals surface area contributed by atoms with E-state index in [9.17, 15) is 14.4 Å². The minimum Gasteiger partial charge on any atom is -0.489 e. The van der Waals surface area contributed by atoms with Gasteiger partial charge in [-0.15, -0.1) is 0 Å². The number of thiazole rings is 1. The molecule has 48 heavy (non-hydrogen) atoms. The Labute approximate surface area is 285 Å². The Bertz CT molecular complexity index is 2170. The monoisotopic (exact) mass is 678 g/mol. The first-order valence-corrected chi connectivity index (χ1v) is 16.6. The molecule has 0 saturated carbocycles. The van der Waals surface area contributed by atoms with Crippen molar-refractivity contribution in [1.82, 2.24) is 4.57 Å². The number of carbonyl (C=O) groups is 2. The molecule has 4 aromatic carbocycles. The second-order valence-electron chi connectivity index (χ2n) is 10.8. The number of nitrogens with zero attached hydrogens (tertiary/aromatic N) is 2. The maximum atomic E-state index is 14.2. The van der Waals surface area contributed by atoms with Gasteiger partial charge < -0.3 is 14.2 Å². The second kappa shape index (κ2) is 14.7. The molecule has 0 N–H and O–H groups in total. The van der Waals surface area contributed by atoms with Crippen molar-refractivity contribution in [1.29, 1.82) is 0 Å². The van der Waals surface area contributed by atoms with Gasteiger partial charge in [-0.1, -0.05) is 89.7 Å². The highest BCUT2D eigenvalue weighted by molar-refractivity contribution is 7.07. The number of hydrogen-bond donors (Lipinski definition) is 0. The fraction of sp³-hybridized carbons (Fsp3) is 0.158. The quantitative estimate of drug-likeness (QED) is 0.160. The van der Waals surface area contributed by atoms with E-state index in [0.29, 0.717) is 43.5 Å². The van der Waals surface area contributed by atoms with Crippen LogP contribution in [0.1, 0.15) is 52.5 Å². The lowest BCUT2D eigenvalue weighted by Gasteiger charge is -2.25. The molecule has 0 aliphatic carbocycles. The standard InChI is InChI=1S/C38H31ClN2O6S/c1-3-45-36(43)28-15-13-24(14-16-28)23-47-30-12-8-9-25(21-30)22-31-35(42)41-34(27-17-19-29(39)20-18-27)32(37(44)46-4-2)33(40-38(41)48-31)26-10-6-5-7-11-26/h5-22,34H,3-4,23H2,1-2H3/b31-22-/t34-/m0/s1. The average Bonchev–Trinajstić information content (AvgIpc) is 3.41. The molecule has 0 fully saturated rings.